The molecular formula is C19H19N3O2S. The molecule has 0 fully saturated rings. The summed E-state index contributed by atoms with van der Waals surface area (Å²) < 4.78 is 5.17. The molecule has 2 heterocycles. The van der Waals surface area contributed by atoms with E-state index < -0.39 is 0 Å². The van der Waals surface area contributed by atoms with Crippen LogP contribution in [0, 0.1) is 0 Å². The van der Waals surface area contributed by atoms with E-state index in [2.05, 4.69) is 15.3 Å². The number of nitrogens with zero attached hydrogens (tertiary/aromatic N) is 2. The molecule has 0 spiro atoms. The van der Waals surface area contributed by atoms with E-state index in [9.17, 15) is 4.79 Å². The number of methoxy groups -OCH3 is 1. The summed E-state index contributed by atoms with van der Waals surface area (Å²) in [5.41, 5.74) is 3.04. The van der Waals surface area contributed by atoms with Crippen LogP contribution in [0.4, 0.5) is 0 Å². The van der Waals surface area contributed by atoms with Crippen LogP contribution in [-0.4, -0.2) is 23.0 Å². The van der Waals surface area contributed by atoms with E-state index in [1.54, 1.807) is 30.8 Å². The van der Waals surface area contributed by atoms with Crippen molar-refractivity contribution < 1.29 is 9.53 Å². The first-order valence-corrected chi connectivity index (χ1v) is 8.87. The van der Waals surface area contributed by atoms with Crippen molar-refractivity contribution in [2.24, 2.45) is 0 Å². The Kier molecular flexibility index (Phi) is 5.74. The third-order valence-corrected chi connectivity index (χ3v) is 4.68. The Hall–Kier alpha value is -2.73. The number of benzene rings is 1. The highest BCUT2D eigenvalue weighted by Crippen LogP contribution is 2.26. The van der Waals surface area contributed by atoms with E-state index in [1.807, 2.05) is 41.8 Å². The average molecular weight is 353 g/mol. The molecule has 0 aliphatic rings. The molecule has 25 heavy (non-hydrogen) atoms. The molecule has 6 heteroatoms. The minimum Gasteiger partial charge on any atom is -0.497 e. The van der Waals surface area contributed by atoms with E-state index >= 15 is 0 Å². The van der Waals surface area contributed by atoms with Gasteiger partial charge in [-0.1, -0.05) is 0 Å². The van der Waals surface area contributed by atoms with Crippen LogP contribution in [0.5, 0.6) is 5.75 Å². The standard InChI is InChI=1S/C19H19N3O2S/c1-24-17-5-2-15(3-6-17)19-22-16(13-25-19)4-7-18(23)21-12-14-8-10-20-11-9-14/h2-3,5-6,8-11,13H,4,7,12H2,1H3,(H,21,23). The molecule has 3 rings (SSSR count). The largest absolute Gasteiger partial charge is 0.497 e. The van der Waals surface area contributed by atoms with Crippen molar-refractivity contribution in [2.45, 2.75) is 19.4 Å². The number of aryl methyl sites for hydroxylation is 1. The van der Waals surface area contributed by atoms with Crippen LogP contribution in [0.15, 0.2) is 54.2 Å². The molecule has 3 aromatic rings. The summed E-state index contributed by atoms with van der Waals surface area (Å²) in [6.45, 7) is 0.523. The molecule has 5 nitrogen and oxygen atoms in total. The number of amides is 1. The number of aromatic nitrogens is 2. The Morgan fingerprint density at radius 1 is 1.16 bits per heavy atom. The molecule has 1 aromatic carbocycles. The van der Waals surface area contributed by atoms with Crippen molar-refractivity contribution in [1.29, 1.82) is 0 Å². The first kappa shape index (κ1) is 17.1. The lowest BCUT2D eigenvalue weighted by atomic mass is 10.2. The Morgan fingerprint density at radius 3 is 2.64 bits per heavy atom. The summed E-state index contributed by atoms with van der Waals surface area (Å²) in [6.07, 6.45) is 4.50. The third-order valence-electron chi connectivity index (χ3n) is 3.74. The maximum absolute atomic E-state index is 12.0. The van der Waals surface area contributed by atoms with Gasteiger partial charge in [0, 0.05) is 36.3 Å². The monoisotopic (exact) mass is 353 g/mol. The number of carbonyl (C=O) groups is 1. The molecule has 0 saturated carbocycles. The number of hydrogen-bond acceptors (Lipinski definition) is 5. The summed E-state index contributed by atoms with van der Waals surface area (Å²) in [4.78, 5) is 20.5. The van der Waals surface area contributed by atoms with Crippen molar-refractivity contribution in [3.63, 3.8) is 0 Å². The van der Waals surface area contributed by atoms with Gasteiger partial charge in [0.2, 0.25) is 5.91 Å². The van der Waals surface area contributed by atoms with Gasteiger partial charge >= 0.3 is 0 Å². The molecule has 0 radical (unpaired) electrons. The molecule has 0 saturated heterocycles. The van der Waals surface area contributed by atoms with E-state index in [0.29, 0.717) is 19.4 Å². The van der Waals surface area contributed by atoms with Crippen LogP contribution in [-0.2, 0) is 17.8 Å². The fraction of sp³-hybridized carbons (Fsp3) is 0.211. The lowest BCUT2D eigenvalue weighted by Crippen LogP contribution is -2.23. The Labute approximate surface area is 150 Å². The third kappa shape index (κ3) is 4.87. The molecular weight excluding hydrogens is 334 g/mol. The first-order valence-electron chi connectivity index (χ1n) is 7.99. The predicted octanol–water partition coefficient (Wildman–Crippen LogP) is 3.46. The number of rotatable bonds is 7. The van der Waals surface area contributed by atoms with Gasteiger partial charge in [-0.3, -0.25) is 9.78 Å². The van der Waals surface area contributed by atoms with E-state index in [0.717, 1.165) is 27.6 Å². The number of thiazole rings is 1. The van der Waals surface area contributed by atoms with Gasteiger partial charge < -0.3 is 10.1 Å². The smallest absolute Gasteiger partial charge is 0.220 e. The van der Waals surface area contributed by atoms with Crippen molar-refractivity contribution >= 4 is 17.2 Å². The second-order valence-corrected chi connectivity index (χ2v) is 6.36. The summed E-state index contributed by atoms with van der Waals surface area (Å²) in [5, 5.41) is 5.88. The molecule has 1 amide bonds. The lowest BCUT2D eigenvalue weighted by molar-refractivity contribution is -0.121. The zero-order chi connectivity index (χ0) is 17.5. The lowest BCUT2D eigenvalue weighted by Gasteiger charge is -2.04. The highest BCUT2D eigenvalue weighted by atomic mass is 32.1. The van der Waals surface area contributed by atoms with E-state index in [-0.39, 0.29) is 5.91 Å². The predicted molar refractivity (Wildman–Crippen MR) is 98.5 cm³/mol. The van der Waals surface area contributed by atoms with Gasteiger partial charge in [-0.05, 0) is 48.4 Å². The van der Waals surface area contributed by atoms with Crippen LogP contribution in [0.25, 0.3) is 10.6 Å². The highest BCUT2D eigenvalue weighted by molar-refractivity contribution is 7.13. The molecule has 0 aliphatic heterocycles. The topological polar surface area (TPSA) is 64.1 Å². The van der Waals surface area contributed by atoms with Gasteiger partial charge in [0.05, 0.1) is 12.8 Å². The SMILES string of the molecule is COc1ccc(-c2nc(CCC(=O)NCc3ccncc3)cs2)cc1. The van der Waals surface area contributed by atoms with Gasteiger partial charge in [0.1, 0.15) is 10.8 Å². The zero-order valence-electron chi connectivity index (χ0n) is 13.9. The summed E-state index contributed by atoms with van der Waals surface area (Å²) in [5.74, 6) is 0.849. The molecule has 1 N–H and O–H groups in total. The minimum absolute atomic E-state index is 0.0239. The number of nitrogens with one attached hydrogen (secondary N) is 1. The maximum atomic E-state index is 12.0. The second-order valence-electron chi connectivity index (χ2n) is 5.50. The van der Waals surface area contributed by atoms with Crippen LogP contribution in [0.3, 0.4) is 0 Å². The Bertz CT molecular complexity index is 816. The summed E-state index contributed by atoms with van der Waals surface area (Å²) in [7, 11) is 1.65. The van der Waals surface area contributed by atoms with Gasteiger partial charge in [0.25, 0.3) is 0 Å². The van der Waals surface area contributed by atoms with Crippen LogP contribution < -0.4 is 10.1 Å². The molecule has 0 atom stereocenters. The van der Waals surface area contributed by atoms with Crippen LogP contribution in [0.2, 0.25) is 0 Å². The molecule has 0 bridgehead atoms. The van der Waals surface area contributed by atoms with Gasteiger partial charge in [-0.15, -0.1) is 11.3 Å². The number of carbonyl (C=O) groups excluding carboxylic acids is 1. The second kappa shape index (κ2) is 8.39. The Balaban J connectivity index is 1.50. The highest BCUT2D eigenvalue weighted by Gasteiger charge is 2.08. The fourth-order valence-corrected chi connectivity index (χ4v) is 3.18. The summed E-state index contributed by atoms with van der Waals surface area (Å²) >= 11 is 1.59. The quantitative estimate of drug-likeness (QED) is 0.706. The van der Waals surface area contributed by atoms with Crippen LogP contribution in [0.1, 0.15) is 17.7 Å². The number of ether oxygens (including phenoxy) is 1. The van der Waals surface area contributed by atoms with Crippen molar-refractivity contribution in [1.82, 2.24) is 15.3 Å². The van der Waals surface area contributed by atoms with Gasteiger partial charge in [-0.2, -0.15) is 0 Å². The Morgan fingerprint density at radius 2 is 1.92 bits per heavy atom. The van der Waals surface area contributed by atoms with Gasteiger partial charge in [0.15, 0.2) is 0 Å². The average Bonchev–Trinajstić information content (AvgIpc) is 3.14. The maximum Gasteiger partial charge on any atom is 0.220 e. The molecule has 0 aliphatic carbocycles. The van der Waals surface area contributed by atoms with E-state index in [1.165, 1.54) is 0 Å². The molecule has 128 valence electrons. The number of hydrogen-bond donors (Lipinski definition) is 1. The summed E-state index contributed by atoms with van der Waals surface area (Å²) in [6, 6.07) is 11.6. The van der Waals surface area contributed by atoms with Gasteiger partial charge in [-0.25, -0.2) is 4.98 Å². The minimum atomic E-state index is 0.0239. The molecule has 0 unspecified atom stereocenters. The normalized spacial score (nSPS) is 10.4. The zero-order valence-corrected chi connectivity index (χ0v) is 14.8. The van der Waals surface area contributed by atoms with Crippen LogP contribution >= 0.6 is 11.3 Å². The molecule has 2 aromatic heterocycles. The number of pyridine rings is 1. The van der Waals surface area contributed by atoms with Crippen molar-refractivity contribution in [3.05, 3.63) is 65.4 Å². The fourth-order valence-electron chi connectivity index (χ4n) is 2.32. The van der Waals surface area contributed by atoms with E-state index in [4.69, 9.17) is 4.74 Å². The first-order chi connectivity index (χ1) is 12.2. The van der Waals surface area contributed by atoms with Crippen molar-refractivity contribution in [2.75, 3.05) is 7.11 Å². The van der Waals surface area contributed by atoms with Crippen molar-refractivity contribution in [3.8, 4) is 16.3 Å².